The molecule has 0 bridgehead atoms. The number of carbonyl (C=O) groups excluding carboxylic acids is 1. The highest BCUT2D eigenvalue weighted by molar-refractivity contribution is 5.71. The Morgan fingerprint density at radius 1 is 1.29 bits per heavy atom. The van der Waals surface area contributed by atoms with Crippen LogP contribution in [0.3, 0.4) is 0 Å². The van der Waals surface area contributed by atoms with Crippen LogP contribution in [0.4, 0.5) is 0 Å². The molecule has 24 heavy (non-hydrogen) atoms. The lowest BCUT2D eigenvalue weighted by atomic mass is 10.3. The minimum Gasteiger partial charge on any atom is -0.463 e. The molecule has 0 aliphatic carbocycles. The molecule has 0 aromatic carbocycles. The Kier molecular flexibility index (Phi) is 4.28. The highest BCUT2D eigenvalue weighted by atomic mass is 16.6. The fourth-order valence-electron chi connectivity index (χ4n) is 2.18. The van der Waals surface area contributed by atoms with E-state index in [0.29, 0.717) is 17.1 Å². The van der Waals surface area contributed by atoms with Gasteiger partial charge in [0, 0.05) is 17.8 Å². The summed E-state index contributed by atoms with van der Waals surface area (Å²) >= 11 is 0. The third kappa shape index (κ3) is 3.43. The lowest BCUT2D eigenvalue weighted by molar-refractivity contribution is -0.147. The van der Waals surface area contributed by atoms with Gasteiger partial charge in [0.15, 0.2) is 6.61 Å². The predicted octanol–water partition coefficient (Wildman–Crippen LogP) is 1.42. The minimum absolute atomic E-state index is 0.111. The quantitative estimate of drug-likeness (QED) is 0.653. The maximum Gasteiger partial charge on any atom is 0.344 e. The highest BCUT2D eigenvalue weighted by Crippen LogP contribution is 2.09. The number of ether oxygens (including phenoxy) is 2. The van der Waals surface area contributed by atoms with Gasteiger partial charge in [-0.1, -0.05) is 6.07 Å². The molecular weight excluding hydrogens is 314 g/mol. The molecule has 0 unspecified atom stereocenters. The van der Waals surface area contributed by atoms with Crippen molar-refractivity contribution in [1.82, 2.24) is 14.5 Å². The van der Waals surface area contributed by atoms with Crippen molar-refractivity contribution in [3.63, 3.8) is 0 Å². The van der Waals surface area contributed by atoms with Gasteiger partial charge in [-0.05, 0) is 31.1 Å². The van der Waals surface area contributed by atoms with Crippen LogP contribution in [0, 0.1) is 13.8 Å². The fraction of sp³-hybridized carbons (Fsp3) is 0.250. The molecule has 8 heteroatoms. The highest BCUT2D eigenvalue weighted by Gasteiger charge is 2.10. The van der Waals surface area contributed by atoms with Crippen LogP contribution in [-0.2, 0) is 16.1 Å². The monoisotopic (exact) mass is 329 g/mol. The summed E-state index contributed by atoms with van der Waals surface area (Å²) in [4.78, 5) is 28.1. The lowest BCUT2D eigenvalue weighted by Crippen LogP contribution is -2.19. The molecule has 0 aliphatic heterocycles. The first kappa shape index (κ1) is 15.7. The molecule has 0 aliphatic rings. The van der Waals surface area contributed by atoms with Gasteiger partial charge < -0.3 is 14.0 Å². The molecule has 0 N–H and O–H groups in total. The molecular formula is C16H15N3O5. The minimum atomic E-state index is -0.595. The summed E-state index contributed by atoms with van der Waals surface area (Å²) in [5.41, 5.74) is 1.43. The fourth-order valence-corrected chi connectivity index (χ4v) is 2.18. The number of nitrogens with zero attached hydrogens (tertiary/aromatic N) is 3. The first-order valence-electron chi connectivity index (χ1n) is 7.23. The van der Waals surface area contributed by atoms with Crippen molar-refractivity contribution >= 4 is 11.6 Å². The van der Waals surface area contributed by atoms with Crippen LogP contribution in [0.2, 0.25) is 0 Å². The van der Waals surface area contributed by atoms with Crippen molar-refractivity contribution in [3.8, 4) is 5.88 Å². The molecule has 0 saturated heterocycles. The summed E-state index contributed by atoms with van der Waals surface area (Å²) in [5, 5.41) is 3.60. The van der Waals surface area contributed by atoms with Crippen LogP contribution in [0.1, 0.15) is 17.1 Å². The smallest absolute Gasteiger partial charge is 0.344 e. The van der Waals surface area contributed by atoms with Crippen molar-refractivity contribution in [1.29, 1.82) is 0 Å². The van der Waals surface area contributed by atoms with Crippen LogP contribution < -0.4 is 10.3 Å². The van der Waals surface area contributed by atoms with Crippen molar-refractivity contribution in [2.24, 2.45) is 0 Å². The van der Waals surface area contributed by atoms with Crippen molar-refractivity contribution < 1.29 is 18.8 Å². The molecule has 124 valence electrons. The van der Waals surface area contributed by atoms with Crippen LogP contribution in [0.15, 0.2) is 39.6 Å². The molecule has 3 rings (SSSR count). The average Bonchev–Trinajstić information content (AvgIpc) is 2.96. The maximum absolute atomic E-state index is 12.1. The Hall–Kier alpha value is -3.16. The topological polar surface area (TPSA) is 95.9 Å². The molecule has 3 aromatic rings. The Balaban J connectivity index is 1.63. The largest absolute Gasteiger partial charge is 0.463 e. The first-order valence-corrected chi connectivity index (χ1v) is 7.23. The molecule has 0 radical (unpaired) electrons. The number of fused-ring (bicyclic) bond motifs is 1. The Bertz CT molecular complexity index is 944. The second kappa shape index (κ2) is 6.53. The Morgan fingerprint density at radius 3 is 2.88 bits per heavy atom. The van der Waals surface area contributed by atoms with E-state index in [9.17, 15) is 9.59 Å². The molecule has 0 saturated carbocycles. The number of rotatable bonds is 5. The van der Waals surface area contributed by atoms with E-state index in [-0.39, 0.29) is 24.7 Å². The number of hydrogen-bond donors (Lipinski definition) is 0. The van der Waals surface area contributed by atoms with E-state index in [4.69, 9.17) is 14.0 Å². The Morgan fingerprint density at radius 2 is 2.12 bits per heavy atom. The predicted molar refractivity (Wildman–Crippen MR) is 82.7 cm³/mol. The van der Waals surface area contributed by atoms with Gasteiger partial charge in [0.25, 0.3) is 11.4 Å². The van der Waals surface area contributed by atoms with Crippen LogP contribution in [-0.4, -0.2) is 27.1 Å². The van der Waals surface area contributed by atoms with Gasteiger partial charge in [-0.3, -0.25) is 9.20 Å². The summed E-state index contributed by atoms with van der Waals surface area (Å²) in [6.07, 6.45) is 0. The number of pyridine rings is 1. The first-order chi connectivity index (χ1) is 11.5. The SMILES string of the molecule is Cc1cc(OCC(=O)OCc2cc(=O)n3c(C)cccc3n2)no1. The number of carbonyl (C=O) groups is 1. The summed E-state index contributed by atoms with van der Waals surface area (Å²) in [6.45, 7) is 3.11. The van der Waals surface area contributed by atoms with E-state index in [1.807, 2.05) is 13.0 Å². The van der Waals surface area contributed by atoms with Crippen LogP contribution in [0.5, 0.6) is 5.88 Å². The van der Waals surface area contributed by atoms with E-state index in [1.54, 1.807) is 25.1 Å². The van der Waals surface area contributed by atoms with Gasteiger partial charge in [-0.2, -0.15) is 0 Å². The molecule has 3 aromatic heterocycles. The van der Waals surface area contributed by atoms with Crippen molar-refractivity contribution in [2.45, 2.75) is 20.5 Å². The van der Waals surface area contributed by atoms with Gasteiger partial charge in [-0.15, -0.1) is 0 Å². The van der Waals surface area contributed by atoms with E-state index in [2.05, 4.69) is 10.1 Å². The van der Waals surface area contributed by atoms with Crippen molar-refractivity contribution in [2.75, 3.05) is 6.61 Å². The summed E-state index contributed by atoms with van der Waals surface area (Å²) in [6, 6.07) is 8.24. The van der Waals surface area contributed by atoms with Gasteiger partial charge >= 0.3 is 5.97 Å². The van der Waals surface area contributed by atoms with E-state index in [1.165, 1.54) is 10.5 Å². The molecule has 8 nitrogen and oxygen atoms in total. The summed E-state index contributed by atoms with van der Waals surface area (Å²) in [5.74, 6) is 0.193. The van der Waals surface area contributed by atoms with Crippen molar-refractivity contribution in [3.05, 3.63) is 57.8 Å². The summed E-state index contributed by atoms with van der Waals surface area (Å²) < 4.78 is 16.5. The second-order valence-electron chi connectivity index (χ2n) is 5.17. The summed E-state index contributed by atoms with van der Waals surface area (Å²) in [7, 11) is 0. The third-order valence-electron chi connectivity index (χ3n) is 3.26. The zero-order valence-corrected chi connectivity index (χ0v) is 13.2. The van der Waals surface area contributed by atoms with E-state index >= 15 is 0 Å². The number of aromatic nitrogens is 3. The molecule has 0 spiro atoms. The number of aryl methyl sites for hydroxylation is 2. The van der Waals surface area contributed by atoms with E-state index < -0.39 is 5.97 Å². The molecule has 0 atom stereocenters. The van der Waals surface area contributed by atoms with E-state index in [0.717, 1.165) is 5.69 Å². The van der Waals surface area contributed by atoms with Gasteiger partial charge in [-0.25, -0.2) is 9.78 Å². The average molecular weight is 329 g/mol. The maximum atomic E-state index is 12.1. The molecule has 0 amide bonds. The lowest BCUT2D eigenvalue weighted by Gasteiger charge is -2.07. The standard InChI is InChI=1S/C16H15N3O5/c1-10-4-3-5-13-17-12(7-15(20)19(10)13)8-23-16(21)9-22-14-6-11(2)24-18-14/h3-7H,8-9H2,1-2H3. The zero-order chi connectivity index (χ0) is 17.1. The van der Waals surface area contributed by atoms with Gasteiger partial charge in [0.2, 0.25) is 0 Å². The third-order valence-corrected chi connectivity index (χ3v) is 3.26. The number of hydrogen-bond acceptors (Lipinski definition) is 7. The Labute approximate surface area is 136 Å². The zero-order valence-electron chi connectivity index (χ0n) is 13.2. The van der Waals surface area contributed by atoms with Crippen LogP contribution >= 0.6 is 0 Å². The normalized spacial score (nSPS) is 10.8. The van der Waals surface area contributed by atoms with Gasteiger partial charge in [0.05, 0.1) is 5.69 Å². The number of esters is 1. The molecule has 3 heterocycles. The van der Waals surface area contributed by atoms with Gasteiger partial charge in [0.1, 0.15) is 18.0 Å². The second-order valence-corrected chi connectivity index (χ2v) is 5.17. The van der Waals surface area contributed by atoms with Crippen LogP contribution in [0.25, 0.3) is 5.65 Å². The molecule has 0 fully saturated rings.